The van der Waals surface area contributed by atoms with Gasteiger partial charge in [0.05, 0.1) is 18.1 Å². The normalized spacial score (nSPS) is 26.6. The van der Waals surface area contributed by atoms with Crippen molar-refractivity contribution in [2.75, 3.05) is 45.9 Å². The molecule has 0 aromatic heterocycles. The third-order valence-corrected chi connectivity index (χ3v) is 3.57. The molecule has 0 saturated carbocycles. The highest BCUT2D eigenvalue weighted by Crippen LogP contribution is 2.17. The highest BCUT2D eigenvalue weighted by Gasteiger charge is 2.30. The number of piperazine rings is 1. The molecule has 1 N–H and O–H groups in total. The van der Waals surface area contributed by atoms with Gasteiger partial charge in [-0.25, -0.2) is 0 Å². The van der Waals surface area contributed by atoms with Gasteiger partial charge >= 0.3 is 0 Å². The summed E-state index contributed by atoms with van der Waals surface area (Å²) in [4.78, 5) is 16.3. The van der Waals surface area contributed by atoms with E-state index in [1.165, 1.54) is 0 Å². The number of amides is 1. The molecule has 0 bridgehead atoms. The van der Waals surface area contributed by atoms with Crippen molar-refractivity contribution in [2.24, 2.45) is 5.92 Å². The van der Waals surface area contributed by atoms with Gasteiger partial charge in [0.15, 0.2) is 0 Å². The van der Waals surface area contributed by atoms with Crippen molar-refractivity contribution in [3.05, 3.63) is 0 Å². The highest BCUT2D eigenvalue weighted by atomic mass is 16.5. The molecule has 0 radical (unpaired) electrons. The second kappa shape index (κ2) is 5.55. The fraction of sp³-hybridized carbons (Fsp3) is 0.923. The van der Waals surface area contributed by atoms with E-state index in [-0.39, 0.29) is 11.8 Å². The van der Waals surface area contributed by atoms with Crippen molar-refractivity contribution in [3.8, 4) is 0 Å². The molecular weight excluding hydrogens is 232 g/mol. The summed E-state index contributed by atoms with van der Waals surface area (Å²) >= 11 is 0. The molecule has 1 atom stereocenters. The van der Waals surface area contributed by atoms with E-state index in [2.05, 4.69) is 4.90 Å². The standard InChI is InChI=1S/C13H24N2O3/c1-13(2,17)10-14-4-6-15(7-5-14)12(16)11-3-8-18-9-11/h11,17H,3-10H2,1-2H3. The van der Waals surface area contributed by atoms with E-state index in [0.717, 1.165) is 39.2 Å². The zero-order valence-corrected chi connectivity index (χ0v) is 11.4. The Morgan fingerprint density at radius 3 is 2.50 bits per heavy atom. The second-order valence-corrected chi connectivity index (χ2v) is 5.97. The molecule has 1 unspecified atom stereocenters. The monoisotopic (exact) mass is 256 g/mol. The number of rotatable bonds is 3. The molecule has 2 rings (SSSR count). The van der Waals surface area contributed by atoms with Crippen molar-refractivity contribution in [1.82, 2.24) is 9.80 Å². The SMILES string of the molecule is CC(C)(O)CN1CCN(C(=O)C2CCOC2)CC1. The number of hydrogen-bond acceptors (Lipinski definition) is 4. The van der Waals surface area contributed by atoms with Crippen LogP contribution in [0.2, 0.25) is 0 Å². The van der Waals surface area contributed by atoms with Crippen LogP contribution in [-0.2, 0) is 9.53 Å². The molecule has 2 fully saturated rings. The summed E-state index contributed by atoms with van der Waals surface area (Å²) in [6.45, 7) is 8.85. The van der Waals surface area contributed by atoms with E-state index in [0.29, 0.717) is 13.2 Å². The fourth-order valence-corrected chi connectivity index (χ4v) is 2.66. The molecule has 5 nitrogen and oxygen atoms in total. The van der Waals surface area contributed by atoms with Gasteiger partial charge in [-0.2, -0.15) is 0 Å². The first kappa shape index (κ1) is 13.8. The Hall–Kier alpha value is -0.650. The Kier molecular flexibility index (Phi) is 4.25. The summed E-state index contributed by atoms with van der Waals surface area (Å²) < 4.78 is 5.27. The molecule has 18 heavy (non-hydrogen) atoms. The Balaban J connectivity index is 1.77. The van der Waals surface area contributed by atoms with Crippen molar-refractivity contribution in [2.45, 2.75) is 25.9 Å². The first-order valence-corrected chi connectivity index (χ1v) is 6.77. The van der Waals surface area contributed by atoms with Crippen LogP contribution in [0, 0.1) is 5.92 Å². The average Bonchev–Trinajstić information content (AvgIpc) is 2.80. The summed E-state index contributed by atoms with van der Waals surface area (Å²) in [5.41, 5.74) is -0.661. The predicted octanol–water partition coefficient (Wildman–Crippen LogP) is -0.0620. The van der Waals surface area contributed by atoms with Crippen LogP contribution in [0.3, 0.4) is 0 Å². The molecule has 1 amide bonds. The van der Waals surface area contributed by atoms with Crippen molar-refractivity contribution in [3.63, 3.8) is 0 Å². The first-order valence-electron chi connectivity index (χ1n) is 6.77. The van der Waals surface area contributed by atoms with E-state index in [1.54, 1.807) is 0 Å². The molecular formula is C13H24N2O3. The van der Waals surface area contributed by atoms with E-state index < -0.39 is 5.60 Å². The van der Waals surface area contributed by atoms with Gasteiger partial charge in [-0.1, -0.05) is 0 Å². The molecule has 5 heteroatoms. The van der Waals surface area contributed by atoms with Gasteiger partial charge in [0.25, 0.3) is 0 Å². The van der Waals surface area contributed by atoms with Crippen LogP contribution in [0.4, 0.5) is 0 Å². The number of hydrogen-bond donors (Lipinski definition) is 1. The smallest absolute Gasteiger partial charge is 0.228 e. The molecule has 2 aliphatic heterocycles. The Morgan fingerprint density at radius 2 is 2.00 bits per heavy atom. The van der Waals surface area contributed by atoms with Crippen molar-refractivity contribution >= 4 is 5.91 Å². The number of nitrogens with zero attached hydrogens (tertiary/aromatic N) is 2. The molecule has 0 aliphatic carbocycles. The quantitative estimate of drug-likeness (QED) is 0.768. The van der Waals surface area contributed by atoms with E-state index >= 15 is 0 Å². The maximum Gasteiger partial charge on any atom is 0.228 e. The number of aliphatic hydroxyl groups is 1. The molecule has 2 aliphatic rings. The molecule has 2 saturated heterocycles. The zero-order chi connectivity index (χ0) is 13.2. The number of carbonyl (C=O) groups excluding carboxylic acids is 1. The van der Waals surface area contributed by atoms with Crippen molar-refractivity contribution < 1.29 is 14.6 Å². The van der Waals surface area contributed by atoms with Gasteiger partial charge in [0.1, 0.15) is 0 Å². The Morgan fingerprint density at radius 1 is 1.33 bits per heavy atom. The van der Waals surface area contributed by atoms with Gasteiger partial charge in [-0.15, -0.1) is 0 Å². The summed E-state index contributed by atoms with van der Waals surface area (Å²) in [6, 6.07) is 0. The Bertz CT molecular complexity index is 287. The zero-order valence-electron chi connectivity index (χ0n) is 11.4. The van der Waals surface area contributed by atoms with Gasteiger partial charge in [0.2, 0.25) is 5.91 Å². The minimum absolute atomic E-state index is 0.0748. The summed E-state index contributed by atoms with van der Waals surface area (Å²) in [6.07, 6.45) is 0.864. The Labute approximate surface area is 109 Å². The highest BCUT2D eigenvalue weighted by molar-refractivity contribution is 5.79. The van der Waals surface area contributed by atoms with Crippen LogP contribution in [0.25, 0.3) is 0 Å². The fourth-order valence-electron chi connectivity index (χ4n) is 2.66. The number of β-amino-alcohol motifs (C(OH)–C–C–N with tert-alkyl or cyclic N) is 1. The number of ether oxygens (including phenoxy) is 1. The van der Waals surface area contributed by atoms with E-state index in [9.17, 15) is 9.90 Å². The maximum atomic E-state index is 12.2. The number of carbonyl (C=O) groups is 1. The van der Waals surface area contributed by atoms with Gasteiger partial charge < -0.3 is 14.7 Å². The van der Waals surface area contributed by atoms with Crippen molar-refractivity contribution in [1.29, 1.82) is 0 Å². The largest absolute Gasteiger partial charge is 0.389 e. The average molecular weight is 256 g/mol. The lowest BCUT2D eigenvalue weighted by Gasteiger charge is -2.38. The lowest BCUT2D eigenvalue weighted by molar-refractivity contribution is -0.137. The minimum Gasteiger partial charge on any atom is -0.389 e. The van der Waals surface area contributed by atoms with Crippen LogP contribution in [0.15, 0.2) is 0 Å². The minimum atomic E-state index is -0.661. The molecule has 0 aromatic carbocycles. The van der Waals surface area contributed by atoms with Crippen LogP contribution < -0.4 is 0 Å². The third kappa shape index (κ3) is 3.67. The van der Waals surface area contributed by atoms with E-state index in [1.807, 2.05) is 18.7 Å². The molecule has 0 aromatic rings. The summed E-state index contributed by atoms with van der Waals surface area (Å²) in [7, 11) is 0. The first-order chi connectivity index (χ1) is 8.46. The third-order valence-electron chi connectivity index (χ3n) is 3.57. The van der Waals surface area contributed by atoms with Gasteiger partial charge in [-0.05, 0) is 20.3 Å². The van der Waals surface area contributed by atoms with Crippen LogP contribution in [-0.4, -0.2) is 72.4 Å². The summed E-state index contributed by atoms with van der Waals surface area (Å²) in [5, 5.41) is 9.78. The topological polar surface area (TPSA) is 53.0 Å². The molecule has 0 spiro atoms. The lowest BCUT2D eigenvalue weighted by atomic mass is 10.1. The molecule has 2 heterocycles. The van der Waals surface area contributed by atoms with E-state index in [4.69, 9.17) is 4.74 Å². The van der Waals surface area contributed by atoms with Gasteiger partial charge in [0, 0.05) is 39.3 Å². The lowest BCUT2D eigenvalue weighted by Crippen LogP contribution is -2.53. The van der Waals surface area contributed by atoms with Crippen LogP contribution in [0.5, 0.6) is 0 Å². The second-order valence-electron chi connectivity index (χ2n) is 5.97. The van der Waals surface area contributed by atoms with Gasteiger partial charge in [-0.3, -0.25) is 9.69 Å². The maximum absolute atomic E-state index is 12.2. The van der Waals surface area contributed by atoms with Crippen LogP contribution >= 0.6 is 0 Å². The predicted molar refractivity (Wildman–Crippen MR) is 68.2 cm³/mol. The van der Waals surface area contributed by atoms with Crippen LogP contribution in [0.1, 0.15) is 20.3 Å². The molecule has 104 valence electrons. The summed E-state index contributed by atoms with van der Waals surface area (Å²) in [5.74, 6) is 0.321.